The molecule has 9 heteroatoms. The second-order valence-electron chi connectivity index (χ2n) is 4.51. The molecule has 0 spiro atoms. The zero-order chi connectivity index (χ0) is 14.8. The summed E-state index contributed by atoms with van der Waals surface area (Å²) in [5.74, 6) is -0.775. The number of ether oxygens (including phenoxy) is 1. The first kappa shape index (κ1) is 18.0. The summed E-state index contributed by atoms with van der Waals surface area (Å²) in [7, 11) is -2.22. The largest absolute Gasteiger partial charge is 0.460 e. The van der Waals surface area contributed by atoms with Gasteiger partial charge in [0.25, 0.3) is 10.0 Å². The van der Waals surface area contributed by atoms with Crippen LogP contribution < -0.4 is 5.32 Å². The maximum Gasteiger partial charge on any atom is 0.374 e. The molecule has 1 aliphatic rings. The zero-order valence-electron chi connectivity index (χ0n) is 11.9. The number of esters is 1. The Hall–Kier alpha value is -1.09. The number of sulfonamides is 1. The third kappa shape index (κ3) is 3.76. The summed E-state index contributed by atoms with van der Waals surface area (Å²) >= 11 is 0. The molecule has 2 rings (SSSR count). The molecule has 0 saturated carbocycles. The van der Waals surface area contributed by atoms with Gasteiger partial charge < -0.3 is 14.5 Å². The second kappa shape index (κ2) is 7.26. The van der Waals surface area contributed by atoms with Crippen molar-refractivity contribution >= 4 is 28.4 Å². The van der Waals surface area contributed by atoms with Crippen LogP contribution in [0.1, 0.15) is 23.9 Å². The van der Waals surface area contributed by atoms with Crippen molar-refractivity contribution in [3.8, 4) is 0 Å². The minimum Gasteiger partial charge on any atom is -0.460 e. The third-order valence-corrected chi connectivity index (χ3v) is 5.02. The minimum absolute atomic E-state index is 0. The highest BCUT2D eigenvalue weighted by Crippen LogP contribution is 2.21. The second-order valence-corrected chi connectivity index (χ2v) is 6.44. The lowest BCUT2D eigenvalue weighted by Gasteiger charge is -2.21. The highest BCUT2D eigenvalue weighted by Gasteiger charge is 2.32. The molecule has 1 N–H and O–H groups in total. The van der Waals surface area contributed by atoms with E-state index in [1.165, 1.54) is 23.5 Å². The highest BCUT2D eigenvalue weighted by molar-refractivity contribution is 7.89. The molecule has 1 unspecified atom stereocenters. The predicted molar refractivity (Wildman–Crippen MR) is 78.1 cm³/mol. The lowest BCUT2D eigenvalue weighted by atomic mass is 10.3. The fourth-order valence-corrected chi connectivity index (χ4v) is 3.35. The smallest absolute Gasteiger partial charge is 0.374 e. The van der Waals surface area contributed by atoms with Gasteiger partial charge in [-0.05, 0) is 32.0 Å². The molecule has 1 aromatic rings. The zero-order valence-corrected chi connectivity index (χ0v) is 13.5. The van der Waals surface area contributed by atoms with Crippen molar-refractivity contribution in [2.75, 3.05) is 26.7 Å². The van der Waals surface area contributed by atoms with Gasteiger partial charge in [-0.2, -0.15) is 4.31 Å². The van der Waals surface area contributed by atoms with Crippen molar-refractivity contribution in [3.05, 3.63) is 17.9 Å². The van der Waals surface area contributed by atoms with E-state index in [4.69, 9.17) is 9.15 Å². The Bertz CT molecular complexity index is 580. The van der Waals surface area contributed by atoms with Crippen molar-refractivity contribution in [1.82, 2.24) is 9.62 Å². The molecule has 1 aromatic heterocycles. The van der Waals surface area contributed by atoms with E-state index in [0.717, 1.165) is 13.0 Å². The van der Waals surface area contributed by atoms with Gasteiger partial charge in [-0.3, -0.25) is 0 Å². The van der Waals surface area contributed by atoms with Gasteiger partial charge >= 0.3 is 5.97 Å². The number of halogens is 1. The maximum atomic E-state index is 12.4. The quantitative estimate of drug-likeness (QED) is 0.801. The van der Waals surface area contributed by atoms with Gasteiger partial charge in [0.1, 0.15) is 0 Å². The number of nitrogens with one attached hydrogen (secondary N) is 1. The summed E-state index contributed by atoms with van der Waals surface area (Å²) in [5, 5.41) is 2.87. The van der Waals surface area contributed by atoms with E-state index in [1.807, 2.05) is 0 Å². The lowest BCUT2D eigenvalue weighted by Crippen LogP contribution is -2.38. The van der Waals surface area contributed by atoms with Crippen LogP contribution in [0.15, 0.2) is 21.6 Å². The van der Waals surface area contributed by atoms with Crippen LogP contribution in [0.2, 0.25) is 0 Å². The highest BCUT2D eigenvalue weighted by atomic mass is 35.5. The Morgan fingerprint density at radius 1 is 1.52 bits per heavy atom. The average molecular weight is 339 g/mol. The van der Waals surface area contributed by atoms with Gasteiger partial charge in [0.15, 0.2) is 0 Å². The van der Waals surface area contributed by atoms with E-state index in [9.17, 15) is 13.2 Å². The number of furan rings is 1. The van der Waals surface area contributed by atoms with Gasteiger partial charge in [-0.1, -0.05) is 0 Å². The summed E-state index contributed by atoms with van der Waals surface area (Å²) in [4.78, 5) is 11.5. The molecule has 0 radical (unpaired) electrons. The normalized spacial score (nSPS) is 18.5. The molecule has 1 aliphatic heterocycles. The van der Waals surface area contributed by atoms with Crippen molar-refractivity contribution in [2.45, 2.75) is 24.5 Å². The predicted octanol–water partition coefficient (Wildman–Crippen LogP) is 0.861. The summed E-state index contributed by atoms with van der Waals surface area (Å²) in [6.07, 6.45) is 0.751. The monoisotopic (exact) mass is 338 g/mol. The minimum atomic E-state index is -3.73. The van der Waals surface area contributed by atoms with E-state index in [0.29, 0.717) is 6.54 Å². The van der Waals surface area contributed by atoms with Crippen LogP contribution >= 0.6 is 12.4 Å². The molecule has 21 heavy (non-hydrogen) atoms. The summed E-state index contributed by atoms with van der Waals surface area (Å²) < 4.78 is 35.9. The lowest BCUT2D eigenvalue weighted by molar-refractivity contribution is 0.0483. The Kier molecular flexibility index (Phi) is 6.21. The van der Waals surface area contributed by atoms with Crippen LogP contribution in [0, 0.1) is 0 Å². The van der Waals surface area contributed by atoms with Gasteiger partial charge in [-0.15, -0.1) is 12.4 Å². The van der Waals surface area contributed by atoms with Crippen LogP contribution in [-0.4, -0.2) is 51.5 Å². The number of nitrogens with zero attached hydrogens (tertiary/aromatic N) is 1. The Balaban J connectivity index is 0.00000220. The fourth-order valence-electron chi connectivity index (χ4n) is 2.06. The molecular formula is C12H19ClN2O5S. The summed E-state index contributed by atoms with van der Waals surface area (Å²) in [6, 6.07) is 2.49. The van der Waals surface area contributed by atoms with E-state index < -0.39 is 16.0 Å². The fraction of sp³-hybridized carbons (Fsp3) is 0.583. The Labute approximate surface area is 130 Å². The number of likely N-dealkylation sites (N-methyl/N-ethyl adjacent to an activating group) is 1. The Morgan fingerprint density at radius 2 is 2.24 bits per heavy atom. The number of hydrogen-bond acceptors (Lipinski definition) is 6. The van der Waals surface area contributed by atoms with Crippen molar-refractivity contribution < 1.29 is 22.4 Å². The topological polar surface area (TPSA) is 88.9 Å². The Morgan fingerprint density at radius 3 is 2.81 bits per heavy atom. The maximum absolute atomic E-state index is 12.4. The number of carbonyl (C=O) groups is 1. The first-order valence-electron chi connectivity index (χ1n) is 6.42. The molecule has 0 amide bonds. The molecule has 0 aliphatic carbocycles. The van der Waals surface area contributed by atoms with Gasteiger partial charge in [0, 0.05) is 19.6 Å². The molecule has 0 bridgehead atoms. The van der Waals surface area contributed by atoms with E-state index in [1.54, 1.807) is 6.92 Å². The van der Waals surface area contributed by atoms with Crippen LogP contribution in [0.25, 0.3) is 0 Å². The van der Waals surface area contributed by atoms with Gasteiger partial charge in [0.2, 0.25) is 10.9 Å². The SMILES string of the molecule is CCOC(=O)c1ccc(S(=O)(=O)N(C)C2CCNC2)o1.Cl. The van der Waals surface area contributed by atoms with Crippen molar-refractivity contribution in [2.24, 2.45) is 0 Å². The molecule has 1 saturated heterocycles. The van der Waals surface area contributed by atoms with Crippen molar-refractivity contribution in [1.29, 1.82) is 0 Å². The van der Waals surface area contributed by atoms with E-state index in [-0.39, 0.29) is 35.9 Å². The molecule has 0 aromatic carbocycles. The molecule has 2 heterocycles. The molecular weight excluding hydrogens is 320 g/mol. The average Bonchev–Trinajstić information content (AvgIpc) is 3.09. The van der Waals surface area contributed by atoms with Gasteiger partial charge in [0.05, 0.1) is 6.61 Å². The van der Waals surface area contributed by atoms with Crippen molar-refractivity contribution in [3.63, 3.8) is 0 Å². The molecule has 7 nitrogen and oxygen atoms in total. The number of rotatable bonds is 5. The third-order valence-electron chi connectivity index (χ3n) is 3.24. The first-order valence-corrected chi connectivity index (χ1v) is 7.86. The number of hydrogen-bond donors (Lipinski definition) is 1. The van der Waals surface area contributed by atoms with Crippen LogP contribution in [0.4, 0.5) is 0 Å². The van der Waals surface area contributed by atoms with Crippen LogP contribution in [-0.2, 0) is 14.8 Å². The molecule has 1 atom stereocenters. The van der Waals surface area contributed by atoms with E-state index in [2.05, 4.69) is 5.32 Å². The first-order chi connectivity index (χ1) is 9.46. The molecule has 1 fully saturated rings. The number of carbonyl (C=O) groups excluding carboxylic acids is 1. The van der Waals surface area contributed by atoms with Crippen LogP contribution in [0.5, 0.6) is 0 Å². The molecule has 120 valence electrons. The standard InChI is InChI=1S/C12H18N2O5S.ClH/c1-3-18-12(15)10-4-5-11(19-10)20(16,17)14(2)9-6-7-13-8-9;/h4-5,9,13H,3,6-8H2,1-2H3;1H. The summed E-state index contributed by atoms with van der Waals surface area (Å²) in [5.41, 5.74) is 0. The van der Waals surface area contributed by atoms with Crippen LogP contribution in [0.3, 0.4) is 0 Å². The summed E-state index contributed by atoms with van der Waals surface area (Å²) in [6.45, 7) is 3.27. The van der Waals surface area contributed by atoms with E-state index >= 15 is 0 Å². The van der Waals surface area contributed by atoms with Gasteiger partial charge in [-0.25, -0.2) is 13.2 Å².